The molecule has 1 fully saturated rings. The summed E-state index contributed by atoms with van der Waals surface area (Å²) in [4.78, 5) is 14.2. The molecule has 5 nitrogen and oxygen atoms in total. The maximum Gasteiger partial charge on any atom is 0.265 e. The van der Waals surface area contributed by atoms with Gasteiger partial charge in [-0.3, -0.25) is 4.79 Å². The third-order valence-corrected chi connectivity index (χ3v) is 4.39. The number of nitrogens with two attached hydrogens (primary N) is 1. The monoisotopic (exact) mass is 297 g/mol. The van der Waals surface area contributed by atoms with Crippen LogP contribution in [0.2, 0.25) is 0 Å². The Kier molecular flexibility index (Phi) is 4.13. The first-order valence-electron chi connectivity index (χ1n) is 6.88. The summed E-state index contributed by atoms with van der Waals surface area (Å²) in [7, 11) is 3.45. The van der Waals surface area contributed by atoms with Gasteiger partial charge in [0.05, 0.1) is 6.10 Å². The first-order chi connectivity index (χ1) is 9.31. The maximum absolute atomic E-state index is 12.2. The third kappa shape index (κ3) is 3.00. The van der Waals surface area contributed by atoms with Crippen LogP contribution in [0, 0.1) is 5.92 Å². The molecule has 2 rings (SSSR count). The van der Waals surface area contributed by atoms with E-state index in [0.717, 1.165) is 11.4 Å². The minimum atomic E-state index is -0.0852. The Morgan fingerprint density at radius 2 is 2.10 bits per heavy atom. The van der Waals surface area contributed by atoms with E-state index in [9.17, 15) is 4.79 Å². The quantitative estimate of drug-likeness (QED) is 0.876. The molecule has 1 aromatic rings. The Morgan fingerprint density at radius 3 is 2.55 bits per heavy atom. The molecule has 1 amide bonds. The van der Waals surface area contributed by atoms with Gasteiger partial charge in [0.15, 0.2) is 5.75 Å². The number of rotatable bonds is 5. The number of amides is 1. The number of carbonyl (C=O) groups is 1. The summed E-state index contributed by atoms with van der Waals surface area (Å²) in [6, 6.07) is 0.463. The molecule has 1 aliphatic rings. The fourth-order valence-electron chi connectivity index (χ4n) is 1.93. The second-order valence-corrected chi connectivity index (χ2v) is 6.85. The molecule has 0 radical (unpaired) electrons. The van der Waals surface area contributed by atoms with E-state index in [1.165, 1.54) is 16.2 Å². The number of nitrogens with one attached hydrogen (secondary N) is 1. The van der Waals surface area contributed by atoms with Gasteiger partial charge in [-0.2, -0.15) is 0 Å². The van der Waals surface area contributed by atoms with E-state index >= 15 is 0 Å². The number of anilines is 2. The van der Waals surface area contributed by atoms with Gasteiger partial charge in [0.25, 0.3) is 5.91 Å². The zero-order valence-corrected chi connectivity index (χ0v) is 13.5. The van der Waals surface area contributed by atoms with Crippen molar-refractivity contribution < 1.29 is 9.53 Å². The summed E-state index contributed by atoms with van der Waals surface area (Å²) in [5, 5.41) is 4.31. The Balaban J connectivity index is 2.32. The van der Waals surface area contributed by atoms with Crippen molar-refractivity contribution in [3.8, 4) is 5.75 Å². The lowest BCUT2D eigenvalue weighted by Gasteiger charge is -2.13. The lowest BCUT2D eigenvalue weighted by atomic mass is 10.3. The molecule has 0 bridgehead atoms. The van der Waals surface area contributed by atoms with E-state index in [1.54, 1.807) is 14.1 Å². The summed E-state index contributed by atoms with van der Waals surface area (Å²) < 4.78 is 5.80. The van der Waals surface area contributed by atoms with Crippen molar-refractivity contribution in [1.29, 1.82) is 0 Å². The van der Waals surface area contributed by atoms with Gasteiger partial charge in [-0.1, -0.05) is 6.92 Å². The van der Waals surface area contributed by atoms with Gasteiger partial charge in [0, 0.05) is 20.1 Å². The second kappa shape index (κ2) is 5.52. The van der Waals surface area contributed by atoms with Gasteiger partial charge in [-0.15, -0.1) is 11.3 Å². The number of nitrogens with zero attached hydrogens (tertiary/aromatic N) is 1. The molecule has 20 heavy (non-hydrogen) atoms. The molecule has 0 saturated heterocycles. The van der Waals surface area contributed by atoms with Gasteiger partial charge in [0.1, 0.15) is 15.6 Å². The molecular weight excluding hydrogens is 274 g/mol. The molecule has 0 spiro atoms. The van der Waals surface area contributed by atoms with Gasteiger partial charge in [0.2, 0.25) is 0 Å². The topological polar surface area (TPSA) is 67.6 Å². The summed E-state index contributed by atoms with van der Waals surface area (Å²) in [6.07, 6.45) is 1.17. The number of carbonyl (C=O) groups excluding carboxylic acids is 1. The van der Waals surface area contributed by atoms with Gasteiger partial charge < -0.3 is 20.7 Å². The highest BCUT2D eigenvalue weighted by Gasteiger charge is 2.35. The highest BCUT2D eigenvalue weighted by Crippen LogP contribution is 2.46. The van der Waals surface area contributed by atoms with Crippen LogP contribution >= 0.6 is 11.3 Å². The highest BCUT2D eigenvalue weighted by atomic mass is 32.1. The van der Waals surface area contributed by atoms with Crippen LogP contribution in [0.25, 0.3) is 0 Å². The average molecular weight is 297 g/mol. The van der Waals surface area contributed by atoms with Gasteiger partial charge in [-0.05, 0) is 26.2 Å². The van der Waals surface area contributed by atoms with E-state index in [-0.39, 0.29) is 12.0 Å². The number of hydrogen-bond acceptors (Lipinski definition) is 5. The smallest absolute Gasteiger partial charge is 0.265 e. The zero-order chi connectivity index (χ0) is 15.0. The standard InChI is InChI=1S/C14H23N3O2S/c1-7(2)19-11-10(15)12(14(18)17(4)5)20-13(11)16-9-6-8(9)3/h7-9,16H,6,15H2,1-5H3. The molecule has 1 saturated carbocycles. The Bertz CT molecular complexity index is 511. The molecule has 1 aromatic heterocycles. The van der Waals surface area contributed by atoms with Crippen LogP contribution in [0.3, 0.4) is 0 Å². The fraction of sp³-hybridized carbons (Fsp3) is 0.643. The molecule has 0 aliphatic heterocycles. The minimum Gasteiger partial charge on any atom is -0.486 e. The van der Waals surface area contributed by atoms with Crippen LogP contribution in [0.15, 0.2) is 0 Å². The van der Waals surface area contributed by atoms with Crippen molar-refractivity contribution in [2.45, 2.75) is 39.3 Å². The molecule has 0 aromatic carbocycles. The first kappa shape index (κ1) is 15.0. The zero-order valence-electron chi connectivity index (χ0n) is 12.7. The number of ether oxygens (including phenoxy) is 1. The largest absolute Gasteiger partial charge is 0.486 e. The number of thiophene rings is 1. The SMILES string of the molecule is CC(C)Oc1c(NC2CC2C)sc(C(=O)N(C)C)c1N. The van der Waals surface area contributed by atoms with Gasteiger partial charge >= 0.3 is 0 Å². The minimum absolute atomic E-state index is 0.0198. The molecule has 3 N–H and O–H groups in total. The normalized spacial score (nSPS) is 20.9. The van der Waals surface area contributed by atoms with Crippen LogP contribution in [-0.2, 0) is 0 Å². The maximum atomic E-state index is 12.2. The van der Waals surface area contributed by atoms with Crippen molar-refractivity contribution >= 4 is 27.9 Å². The molecule has 6 heteroatoms. The van der Waals surface area contributed by atoms with Crippen LogP contribution in [0.5, 0.6) is 5.75 Å². The van der Waals surface area contributed by atoms with Crippen molar-refractivity contribution in [3.05, 3.63) is 4.88 Å². The second-order valence-electron chi connectivity index (χ2n) is 5.83. The summed E-state index contributed by atoms with van der Waals surface area (Å²) >= 11 is 1.38. The third-order valence-electron chi connectivity index (χ3n) is 3.28. The molecule has 1 heterocycles. The van der Waals surface area contributed by atoms with Crippen LogP contribution in [-0.4, -0.2) is 37.0 Å². The molecular formula is C14H23N3O2S. The molecule has 1 aliphatic carbocycles. The van der Waals surface area contributed by atoms with Crippen LogP contribution < -0.4 is 15.8 Å². The Hall–Kier alpha value is -1.43. The van der Waals surface area contributed by atoms with E-state index in [4.69, 9.17) is 10.5 Å². The van der Waals surface area contributed by atoms with E-state index in [1.807, 2.05) is 13.8 Å². The first-order valence-corrected chi connectivity index (χ1v) is 7.70. The predicted octanol–water partition coefficient (Wildman–Crippen LogP) is 2.64. The Morgan fingerprint density at radius 1 is 1.50 bits per heavy atom. The predicted molar refractivity (Wildman–Crippen MR) is 83.7 cm³/mol. The Labute approximate surface area is 124 Å². The highest BCUT2D eigenvalue weighted by molar-refractivity contribution is 7.19. The molecule has 2 unspecified atom stereocenters. The van der Waals surface area contributed by atoms with Gasteiger partial charge in [-0.25, -0.2) is 0 Å². The van der Waals surface area contributed by atoms with Crippen molar-refractivity contribution in [2.75, 3.05) is 25.1 Å². The van der Waals surface area contributed by atoms with Crippen LogP contribution in [0.4, 0.5) is 10.7 Å². The average Bonchev–Trinajstić information content (AvgIpc) is 2.96. The molecule has 112 valence electrons. The summed E-state index contributed by atoms with van der Waals surface area (Å²) in [5.74, 6) is 1.20. The molecule has 2 atom stereocenters. The van der Waals surface area contributed by atoms with Crippen molar-refractivity contribution in [2.24, 2.45) is 5.92 Å². The lowest BCUT2D eigenvalue weighted by molar-refractivity contribution is 0.0833. The number of nitrogen functional groups attached to an aromatic ring is 1. The van der Waals surface area contributed by atoms with E-state index < -0.39 is 0 Å². The van der Waals surface area contributed by atoms with E-state index in [0.29, 0.717) is 28.3 Å². The lowest BCUT2D eigenvalue weighted by Crippen LogP contribution is -2.21. The summed E-state index contributed by atoms with van der Waals surface area (Å²) in [5.41, 5.74) is 6.56. The fourth-order valence-corrected chi connectivity index (χ4v) is 3.07. The van der Waals surface area contributed by atoms with Crippen LogP contribution in [0.1, 0.15) is 36.9 Å². The number of hydrogen-bond donors (Lipinski definition) is 2. The van der Waals surface area contributed by atoms with Crippen molar-refractivity contribution in [1.82, 2.24) is 4.90 Å². The van der Waals surface area contributed by atoms with E-state index in [2.05, 4.69) is 12.2 Å². The van der Waals surface area contributed by atoms with Crippen molar-refractivity contribution in [3.63, 3.8) is 0 Å². The summed E-state index contributed by atoms with van der Waals surface area (Å²) in [6.45, 7) is 6.10.